The molecule has 0 amide bonds. The normalized spacial score (nSPS) is 12.6. The van der Waals surface area contributed by atoms with E-state index in [1.807, 2.05) is 20.8 Å². The second-order valence-electron chi connectivity index (χ2n) is 4.44. The van der Waals surface area contributed by atoms with E-state index in [-0.39, 0.29) is 18.0 Å². The largest absolute Gasteiger partial charge is 0.493 e. The van der Waals surface area contributed by atoms with Crippen LogP contribution in [-0.2, 0) is 6.42 Å². The van der Waals surface area contributed by atoms with Crippen molar-refractivity contribution in [3.63, 3.8) is 0 Å². The van der Waals surface area contributed by atoms with Gasteiger partial charge in [-0.15, -0.1) is 0 Å². The Labute approximate surface area is 102 Å². The predicted molar refractivity (Wildman–Crippen MR) is 66.1 cm³/mol. The smallest absolute Gasteiger partial charge is 0.164 e. The zero-order valence-electron chi connectivity index (χ0n) is 10.8. The van der Waals surface area contributed by atoms with E-state index in [1.54, 1.807) is 0 Å². The molecule has 0 aromatic heterocycles. The highest BCUT2D eigenvalue weighted by Gasteiger charge is 2.15. The van der Waals surface area contributed by atoms with Crippen LogP contribution in [0.4, 0.5) is 4.39 Å². The molecule has 17 heavy (non-hydrogen) atoms. The first-order chi connectivity index (χ1) is 7.93. The molecule has 0 saturated carbocycles. The third-order valence-electron chi connectivity index (χ3n) is 2.21. The highest BCUT2D eigenvalue weighted by Crippen LogP contribution is 2.33. The third-order valence-corrected chi connectivity index (χ3v) is 2.21. The highest BCUT2D eigenvalue weighted by atomic mass is 19.1. The van der Waals surface area contributed by atoms with E-state index in [9.17, 15) is 4.39 Å². The zero-order chi connectivity index (χ0) is 13.0. The van der Waals surface area contributed by atoms with E-state index < -0.39 is 0 Å². The Balaban J connectivity index is 3.18. The van der Waals surface area contributed by atoms with Gasteiger partial charge in [-0.2, -0.15) is 0 Å². The van der Waals surface area contributed by atoms with E-state index in [0.717, 1.165) is 5.56 Å². The lowest BCUT2D eigenvalue weighted by Crippen LogP contribution is -2.19. The molecule has 0 fully saturated rings. The first-order valence-electron chi connectivity index (χ1n) is 5.72. The van der Waals surface area contributed by atoms with Gasteiger partial charge in [-0.05, 0) is 33.3 Å². The SMILES string of the molecule is COc1cc(F)cc(CC(C)N)c1OC(C)C. The molecule has 0 radical (unpaired) electrons. The van der Waals surface area contributed by atoms with Crippen molar-refractivity contribution >= 4 is 0 Å². The van der Waals surface area contributed by atoms with Crippen molar-refractivity contribution in [2.75, 3.05) is 7.11 Å². The van der Waals surface area contributed by atoms with Gasteiger partial charge >= 0.3 is 0 Å². The van der Waals surface area contributed by atoms with Crippen molar-refractivity contribution in [3.8, 4) is 11.5 Å². The summed E-state index contributed by atoms with van der Waals surface area (Å²) in [5.41, 5.74) is 6.49. The number of ether oxygens (including phenoxy) is 2. The molecule has 0 aliphatic rings. The molecular weight excluding hydrogens is 221 g/mol. The third kappa shape index (κ3) is 3.89. The van der Waals surface area contributed by atoms with Gasteiger partial charge in [0.25, 0.3) is 0 Å². The Hall–Kier alpha value is -1.29. The van der Waals surface area contributed by atoms with Gasteiger partial charge in [-0.1, -0.05) is 0 Å². The van der Waals surface area contributed by atoms with E-state index in [2.05, 4.69) is 0 Å². The highest BCUT2D eigenvalue weighted by molar-refractivity contribution is 5.47. The molecule has 3 nitrogen and oxygen atoms in total. The Morgan fingerprint density at radius 1 is 1.29 bits per heavy atom. The van der Waals surface area contributed by atoms with E-state index in [1.165, 1.54) is 19.2 Å². The predicted octanol–water partition coefficient (Wildman–Crippen LogP) is 2.51. The minimum atomic E-state index is -0.339. The van der Waals surface area contributed by atoms with Crippen LogP contribution in [0.25, 0.3) is 0 Å². The maximum absolute atomic E-state index is 13.4. The molecule has 1 aromatic rings. The first-order valence-corrected chi connectivity index (χ1v) is 5.72. The molecule has 0 aliphatic heterocycles. The number of rotatable bonds is 5. The van der Waals surface area contributed by atoms with Gasteiger partial charge in [-0.25, -0.2) is 4.39 Å². The summed E-state index contributed by atoms with van der Waals surface area (Å²) >= 11 is 0. The lowest BCUT2D eigenvalue weighted by Gasteiger charge is -2.18. The van der Waals surface area contributed by atoms with Crippen LogP contribution in [0.1, 0.15) is 26.3 Å². The summed E-state index contributed by atoms with van der Waals surface area (Å²) in [6.45, 7) is 5.70. The molecule has 1 aromatic carbocycles. The Kier molecular flexibility index (Phi) is 4.75. The van der Waals surface area contributed by atoms with Crippen molar-refractivity contribution < 1.29 is 13.9 Å². The fourth-order valence-corrected chi connectivity index (χ4v) is 1.64. The molecular formula is C13H20FNO2. The molecule has 0 bridgehead atoms. The van der Waals surface area contributed by atoms with E-state index in [0.29, 0.717) is 17.9 Å². The average molecular weight is 241 g/mol. The number of halogens is 1. The summed E-state index contributed by atoms with van der Waals surface area (Å²) in [5, 5.41) is 0. The molecule has 1 atom stereocenters. The van der Waals surface area contributed by atoms with Gasteiger partial charge in [-0.3, -0.25) is 0 Å². The fourth-order valence-electron chi connectivity index (χ4n) is 1.64. The molecule has 0 heterocycles. The lowest BCUT2D eigenvalue weighted by atomic mass is 10.1. The second-order valence-corrected chi connectivity index (χ2v) is 4.44. The summed E-state index contributed by atoms with van der Waals surface area (Å²) in [4.78, 5) is 0. The zero-order valence-corrected chi connectivity index (χ0v) is 10.8. The van der Waals surface area contributed by atoms with Crippen molar-refractivity contribution in [1.29, 1.82) is 0 Å². The molecule has 0 aliphatic carbocycles. The Morgan fingerprint density at radius 3 is 2.41 bits per heavy atom. The van der Waals surface area contributed by atoms with Crippen molar-refractivity contribution in [3.05, 3.63) is 23.5 Å². The molecule has 96 valence electrons. The standard InChI is InChI=1S/C13H20FNO2/c1-8(2)17-13-10(5-9(3)15)6-11(14)7-12(13)16-4/h6-9H,5,15H2,1-4H3. The van der Waals surface area contributed by atoms with Gasteiger partial charge in [0.2, 0.25) is 0 Å². The fraction of sp³-hybridized carbons (Fsp3) is 0.538. The quantitative estimate of drug-likeness (QED) is 0.861. The minimum absolute atomic E-state index is 0.00110. The van der Waals surface area contributed by atoms with Crippen molar-refractivity contribution in [1.82, 2.24) is 0 Å². The van der Waals surface area contributed by atoms with Crippen LogP contribution in [0, 0.1) is 5.82 Å². The van der Waals surface area contributed by atoms with E-state index in [4.69, 9.17) is 15.2 Å². The summed E-state index contributed by atoms with van der Waals surface area (Å²) < 4.78 is 24.2. The van der Waals surface area contributed by atoms with Gasteiger partial charge < -0.3 is 15.2 Å². The van der Waals surface area contributed by atoms with E-state index >= 15 is 0 Å². The molecule has 0 saturated heterocycles. The number of hydrogen-bond donors (Lipinski definition) is 1. The van der Waals surface area contributed by atoms with Crippen LogP contribution in [0.5, 0.6) is 11.5 Å². The monoisotopic (exact) mass is 241 g/mol. The number of nitrogens with two attached hydrogens (primary N) is 1. The van der Waals surface area contributed by atoms with Crippen LogP contribution < -0.4 is 15.2 Å². The van der Waals surface area contributed by atoms with Gasteiger partial charge in [0.05, 0.1) is 13.2 Å². The van der Waals surface area contributed by atoms with Crippen LogP contribution in [0.3, 0.4) is 0 Å². The van der Waals surface area contributed by atoms with Crippen molar-refractivity contribution in [2.45, 2.75) is 39.3 Å². The number of methoxy groups -OCH3 is 1. The number of benzene rings is 1. The minimum Gasteiger partial charge on any atom is -0.493 e. The Bertz CT molecular complexity index is 378. The Morgan fingerprint density at radius 2 is 1.94 bits per heavy atom. The van der Waals surface area contributed by atoms with Crippen LogP contribution in [-0.4, -0.2) is 19.3 Å². The van der Waals surface area contributed by atoms with Gasteiger partial charge in [0.15, 0.2) is 11.5 Å². The van der Waals surface area contributed by atoms with Crippen LogP contribution >= 0.6 is 0 Å². The van der Waals surface area contributed by atoms with Gasteiger partial charge in [0.1, 0.15) is 5.82 Å². The molecule has 1 rings (SSSR count). The topological polar surface area (TPSA) is 44.5 Å². The average Bonchev–Trinajstić information content (AvgIpc) is 2.20. The molecule has 1 unspecified atom stereocenters. The maximum Gasteiger partial charge on any atom is 0.164 e. The molecule has 4 heteroatoms. The molecule has 0 spiro atoms. The molecule has 2 N–H and O–H groups in total. The van der Waals surface area contributed by atoms with Crippen molar-refractivity contribution in [2.24, 2.45) is 5.73 Å². The summed E-state index contributed by atoms with van der Waals surface area (Å²) in [6.07, 6.45) is 0.553. The maximum atomic E-state index is 13.4. The summed E-state index contributed by atoms with van der Waals surface area (Å²) in [5.74, 6) is 0.657. The van der Waals surface area contributed by atoms with Crippen LogP contribution in [0.15, 0.2) is 12.1 Å². The van der Waals surface area contributed by atoms with Crippen LogP contribution in [0.2, 0.25) is 0 Å². The van der Waals surface area contributed by atoms with Gasteiger partial charge in [0, 0.05) is 17.7 Å². The first kappa shape index (κ1) is 13.8. The summed E-state index contributed by atoms with van der Waals surface area (Å²) in [6, 6.07) is 2.71. The lowest BCUT2D eigenvalue weighted by molar-refractivity contribution is 0.226. The second kappa shape index (κ2) is 5.87. The summed E-state index contributed by atoms with van der Waals surface area (Å²) in [7, 11) is 1.50. The number of hydrogen-bond acceptors (Lipinski definition) is 3.